The van der Waals surface area contributed by atoms with Crippen molar-refractivity contribution in [3.63, 3.8) is 0 Å². The molecule has 1 rings (SSSR count). The summed E-state index contributed by atoms with van der Waals surface area (Å²) in [5.74, 6) is 0. The molecule has 0 amide bonds. The van der Waals surface area contributed by atoms with Gasteiger partial charge in [-0.05, 0) is 39.2 Å². The van der Waals surface area contributed by atoms with Crippen LogP contribution in [0, 0.1) is 0 Å². The van der Waals surface area contributed by atoms with Crippen molar-refractivity contribution in [3.8, 4) is 0 Å². The van der Waals surface area contributed by atoms with Gasteiger partial charge in [0.25, 0.3) is 0 Å². The highest BCUT2D eigenvalue weighted by atomic mass is 16.5. The lowest BCUT2D eigenvalue weighted by Crippen LogP contribution is -2.32. The first-order valence-corrected chi connectivity index (χ1v) is 7.65. The maximum absolute atomic E-state index is 5.82. The van der Waals surface area contributed by atoms with E-state index < -0.39 is 0 Å². The SMILES string of the molecule is CCCCCCCC(CC1CCCCO1)NC. The maximum Gasteiger partial charge on any atom is 0.0590 e. The summed E-state index contributed by atoms with van der Waals surface area (Å²) in [6.45, 7) is 3.26. The summed E-state index contributed by atoms with van der Waals surface area (Å²) in [5, 5.41) is 3.46. The minimum atomic E-state index is 0.525. The number of hydrogen-bond donors (Lipinski definition) is 1. The Balaban J connectivity index is 2.05. The minimum absolute atomic E-state index is 0.525. The number of ether oxygens (including phenoxy) is 1. The fourth-order valence-corrected chi connectivity index (χ4v) is 2.68. The summed E-state index contributed by atoms with van der Waals surface area (Å²) in [7, 11) is 2.10. The fraction of sp³-hybridized carbons (Fsp3) is 1.00. The van der Waals surface area contributed by atoms with Crippen molar-refractivity contribution in [2.75, 3.05) is 13.7 Å². The Kier molecular flexibility index (Phi) is 8.72. The average Bonchev–Trinajstić information content (AvgIpc) is 2.38. The van der Waals surface area contributed by atoms with Crippen LogP contribution in [-0.4, -0.2) is 25.8 Å². The van der Waals surface area contributed by atoms with Crippen molar-refractivity contribution in [2.45, 2.75) is 83.3 Å². The van der Waals surface area contributed by atoms with E-state index in [1.165, 1.54) is 64.2 Å². The number of unbranched alkanes of at least 4 members (excludes halogenated alkanes) is 4. The molecule has 2 heteroatoms. The third kappa shape index (κ3) is 7.05. The molecule has 0 radical (unpaired) electrons. The summed E-state index contributed by atoms with van der Waals surface area (Å²) in [6, 6.07) is 0.666. The lowest BCUT2D eigenvalue weighted by atomic mass is 9.97. The first-order valence-electron chi connectivity index (χ1n) is 7.65. The highest BCUT2D eigenvalue weighted by Crippen LogP contribution is 2.19. The van der Waals surface area contributed by atoms with Gasteiger partial charge >= 0.3 is 0 Å². The van der Waals surface area contributed by atoms with Crippen LogP contribution in [-0.2, 0) is 4.74 Å². The molecule has 1 saturated heterocycles. The van der Waals surface area contributed by atoms with Gasteiger partial charge in [0, 0.05) is 12.6 Å². The highest BCUT2D eigenvalue weighted by molar-refractivity contribution is 4.73. The number of rotatable bonds is 9. The Labute approximate surface area is 108 Å². The van der Waals surface area contributed by atoms with Crippen molar-refractivity contribution in [1.29, 1.82) is 0 Å². The van der Waals surface area contributed by atoms with E-state index in [9.17, 15) is 0 Å². The van der Waals surface area contributed by atoms with E-state index in [0.29, 0.717) is 12.1 Å². The molecule has 0 spiro atoms. The van der Waals surface area contributed by atoms with E-state index in [2.05, 4.69) is 19.3 Å². The molecule has 0 bridgehead atoms. The monoisotopic (exact) mass is 241 g/mol. The van der Waals surface area contributed by atoms with Gasteiger partial charge in [0.2, 0.25) is 0 Å². The average molecular weight is 241 g/mol. The van der Waals surface area contributed by atoms with Crippen molar-refractivity contribution in [2.24, 2.45) is 0 Å². The Morgan fingerprint density at radius 1 is 1.18 bits per heavy atom. The Morgan fingerprint density at radius 2 is 2.00 bits per heavy atom. The number of hydrogen-bond acceptors (Lipinski definition) is 2. The largest absolute Gasteiger partial charge is 0.378 e. The molecule has 102 valence electrons. The van der Waals surface area contributed by atoms with E-state index in [0.717, 1.165) is 6.61 Å². The molecule has 1 heterocycles. The molecule has 1 N–H and O–H groups in total. The van der Waals surface area contributed by atoms with Crippen LogP contribution in [0.4, 0.5) is 0 Å². The molecule has 17 heavy (non-hydrogen) atoms. The molecule has 0 aromatic heterocycles. The van der Waals surface area contributed by atoms with Crippen molar-refractivity contribution in [3.05, 3.63) is 0 Å². The Hall–Kier alpha value is -0.0800. The van der Waals surface area contributed by atoms with E-state index >= 15 is 0 Å². The predicted octanol–water partition coefficient (Wildman–Crippen LogP) is 3.89. The van der Waals surface area contributed by atoms with Crippen LogP contribution in [0.3, 0.4) is 0 Å². The number of nitrogens with one attached hydrogen (secondary N) is 1. The van der Waals surface area contributed by atoms with Crippen LogP contribution in [0.2, 0.25) is 0 Å². The molecular formula is C15H31NO. The molecule has 1 aliphatic heterocycles. The quantitative estimate of drug-likeness (QED) is 0.618. The molecule has 0 aromatic rings. The Morgan fingerprint density at radius 3 is 2.65 bits per heavy atom. The van der Waals surface area contributed by atoms with Crippen LogP contribution >= 0.6 is 0 Å². The highest BCUT2D eigenvalue weighted by Gasteiger charge is 2.18. The van der Waals surface area contributed by atoms with Gasteiger partial charge in [-0.15, -0.1) is 0 Å². The molecule has 2 nitrogen and oxygen atoms in total. The second kappa shape index (κ2) is 9.90. The predicted molar refractivity (Wildman–Crippen MR) is 74.4 cm³/mol. The second-order valence-electron chi connectivity index (χ2n) is 5.41. The lowest BCUT2D eigenvalue weighted by molar-refractivity contribution is 0.00502. The van der Waals surface area contributed by atoms with Crippen LogP contribution in [0.25, 0.3) is 0 Å². The fourth-order valence-electron chi connectivity index (χ4n) is 2.68. The van der Waals surface area contributed by atoms with Gasteiger partial charge in [0.05, 0.1) is 6.10 Å². The molecule has 2 unspecified atom stereocenters. The van der Waals surface area contributed by atoms with E-state index in [4.69, 9.17) is 4.74 Å². The molecule has 1 fully saturated rings. The van der Waals surface area contributed by atoms with Crippen LogP contribution in [0.1, 0.15) is 71.1 Å². The van der Waals surface area contributed by atoms with Gasteiger partial charge in [-0.3, -0.25) is 0 Å². The van der Waals surface area contributed by atoms with Crippen molar-refractivity contribution < 1.29 is 4.74 Å². The summed E-state index contributed by atoms with van der Waals surface area (Å²) in [4.78, 5) is 0. The third-order valence-electron chi connectivity index (χ3n) is 3.89. The van der Waals surface area contributed by atoms with Crippen molar-refractivity contribution >= 4 is 0 Å². The van der Waals surface area contributed by atoms with Gasteiger partial charge in [-0.1, -0.05) is 39.0 Å². The van der Waals surface area contributed by atoms with Gasteiger partial charge in [0.1, 0.15) is 0 Å². The summed E-state index contributed by atoms with van der Waals surface area (Å²) in [6.07, 6.45) is 13.9. The van der Waals surface area contributed by atoms with Gasteiger partial charge in [-0.2, -0.15) is 0 Å². The van der Waals surface area contributed by atoms with Crippen LogP contribution in [0.15, 0.2) is 0 Å². The molecule has 0 aliphatic carbocycles. The zero-order valence-electron chi connectivity index (χ0n) is 11.8. The molecule has 2 atom stereocenters. The van der Waals surface area contributed by atoms with Crippen LogP contribution in [0.5, 0.6) is 0 Å². The second-order valence-corrected chi connectivity index (χ2v) is 5.41. The smallest absolute Gasteiger partial charge is 0.0590 e. The van der Waals surface area contributed by atoms with E-state index in [1.54, 1.807) is 0 Å². The van der Waals surface area contributed by atoms with Gasteiger partial charge < -0.3 is 10.1 Å². The first kappa shape index (κ1) is 15.0. The van der Waals surface area contributed by atoms with Crippen LogP contribution < -0.4 is 5.32 Å². The zero-order valence-corrected chi connectivity index (χ0v) is 11.8. The van der Waals surface area contributed by atoms with Gasteiger partial charge in [0.15, 0.2) is 0 Å². The molecule has 0 aromatic carbocycles. The minimum Gasteiger partial charge on any atom is -0.378 e. The van der Waals surface area contributed by atoms with Crippen molar-refractivity contribution in [1.82, 2.24) is 5.32 Å². The molecule has 0 saturated carbocycles. The van der Waals surface area contributed by atoms with E-state index in [1.807, 2.05) is 0 Å². The summed E-state index contributed by atoms with van der Waals surface area (Å²) < 4.78 is 5.82. The summed E-state index contributed by atoms with van der Waals surface area (Å²) >= 11 is 0. The standard InChI is InChI=1S/C15H31NO/c1-3-4-5-6-7-10-14(16-2)13-15-11-8-9-12-17-15/h14-16H,3-13H2,1-2H3. The normalized spacial score (nSPS) is 22.6. The molecule has 1 aliphatic rings. The zero-order chi connectivity index (χ0) is 12.3. The molecular weight excluding hydrogens is 210 g/mol. The maximum atomic E-state index is 5.82. The lowest BCUT2D eigenvalue weighted by Gasteiger charge is -2.26. The topological polar surface area (TPSA) is 21.3 Å². The van der Waals surface area contributed by atoms with Gasteiger partial charge in [-0.25, -0.2) is 0 Å². The third-order valence-corrected chi connectivity index (χ3v) is 3.89. The first-order chi connectivity index (χ1) is 8.36. The summed E-state index contributed by atoms with van der Waals surface area (Å²) in [5.41, 5.74) is 0. The Bertz CT molecular complexity index is 166. The van der Waals surface area contributed by atoms with E-state index in [-0.39, 0.29) is 0 Å².